The number of hydrogen-bond donors (Lipinski definition) is 1. The van der Waals surface area contributed by atoms with Crippen LogP contribution in [0.2, 0.25) is 0 Å². The Kier molecular flexibility index (Phi) is 27.6. The van der Waals surface area contributed by atoms with Gasteiger partial charge in [-0.2, -0.15) is 0 Å². The van der Waals surface area contributed by atoms with Gasteiger partial charge in [0, 0.05) is 0 Å². The van der Waals surface area contributed by atoms with Gasteiger partial charge >= 0.3 is 5.97 Å². The molecule has 0 heterocycles. The molecule has 0 aromatic rings. The smallest absolute Gasteiger partial charge is 0.306 e. The molecule has 0 aliphatic carbocycles. The number of hydrogen-bond acceptors (Lipinski definition) is 1. The second-order valence-corrected chi connectivity index (χ2v) is 13.3. The molecule has 2 heteroatoms. The Morgan fingerprint density at radius 1 is 0.500 bits per heavy atom. The van der Waals surface area contributed by atoms with Crippen LogP contribution in [0.25, 0.3) is 0 Å². The number of rotatable bonds is 30. The van der Waals surface area contributed by atoms with E-state index in [0.717, 1.165) is 18.8 Å². The maximum atomic E-state index is 12.0. The van der Waals surface area contributed by atoms with Gasteiger partial charge in [0.15, 0.2) is 0 Å². The third kappa shape index (κ3) is 24.5. The number of unbranched alkanes of at least 4 members (excludes halogenated alkanes) is 18. The average molecular weight is 537 g/mol. The van der Waals surface area contributed by atoms with Gasteiger partial charge in [-0.25, -0.2) is 0 Å². The van der Waals surface area contributed by atoms with Crippen LogP contribution >= 0.6 is 0 Å². The summed E-state index contributed by atoms with van der Waals surface area (Å²) in [6, 6.07) is 0. The molecular formula is C36H72O2. The van der Waals surface area contributed by atoms with E-state index in [1.807, 2.05) is 0 Å². The van der Waals surface area contributed by atoms with Crippen molar-refractivity contribution >= 4 is 5.97 Å². The summed E-state index contributed by atoms with van der Waals surface area (Å²) >= 11 is 0. The zero-order valence-corrected chi connectivity index (χ0v) is 27.0. The lowest BCUT2D eigenvalue weighted by atomic mass is 9.80. The van der Waals surface area contributed by atoms with Crippen molar-refractivity contribution in [3.63, 3.8) is 0 Å². The van der Waals surface area contributed by atoms with E-state index in [0.29, 0.717) is 11.8 Å². The van der Waals surface area contributed by atoms with Crippen LogP contribution in [0.15, 0.2) is 0 Å². The van der Waals surface area contributed by atoms with E-state index in [1.54, 1.807) is 0 Å². The summed E-state index contributed by atoms with van der Waals surface area (Å²) in [6.07, 6.45) is 34.7. The maximum Gasteiger partial charge on any atom is 0.306 e. The van der Waals surface area contributed by atoms with Crippen molar-refractivity contribution in [1.29, 1.82) is 0 Å². The molecule has 0 bridgehead atoms. The molecule has 0 fully saturated rings. The molecule has 2 nitrogen and oxygen atoms in total. The SMILES string of the molecule is CCCCC(CCC)CC(C(=O)O)C(C)CCCCCCCCCCCCCCCCCCCCC(C)C. The summed E-state index contributed by atoms with van der Waals surface area (Å²) in [7, 11) is 0. The summed E-state index contributed by atoms with van der Waals surface area (Å²) < 4.78 is 0. The summed E-state index contributed by atoms with van der Waals surface area (Å²) in [6.45, 7) is 11.3. The molecule has 0 saturated heterocycles. The van der Waals surface area contributed by atoms with Crippen LogP contribution in [0, 0.1) is 23.7 Å². The van der Waals surface area contributed by atoms with Crippen LogP contribution < -0.4 is 0 Å². The third-order valence-corrected chi connectivity index (χ3v) is 8.95. The normalized spacial score (nSPS) is 14.2. The number of carbonyl (C=O) groups is 1. The lowest BCUT2D eigenvalue weighted by Gasteiger charge is -2.25. The Bertz CT molecular complexity index is 486. The fourth-order valence-electron chi connectivity index (χ4n) is 6.27. The Hall–Kier alpha value is -0.530. The largest absolute Gasteiger partial charge is 0.481 e. The quantitative estimate of drug-likeness (QED) is 0.0927. The van der Waals surface area contributed by atoms with E-state index >= 15 is 0 Å². The monoisotopic (exact) mass is 537 g/mol. The summed E-state index contributed by atoms with van der Waals surface area (Å²) in [5.74, 6) is 1.09. The van der Waals surface area contributed by atoms with Crippen molar-refractivity contribution < 1.29 is 9.90 Å². The zero-order valence-electron chi connectivity index (χ0n) is 27.0. The molecule has 0 aliphatic heterocycles. The Labute approximate surface area is 240 Å². The summed E-state index contributed by atoms with van der Waals surface area (Å²) in [4.78, 5) is 12.0. The first-order chi connectivity index (χ1) is 18.4. The molecule has 0 spiro atoms. The Morgan fingerprint density at radius 2 is 0.895 bits per heavy atom. The topological polar surface area (TPSA) is 37.3 Å². The molecule has 1 N–H and O–H groups in total. The predicted octanol–water partition coefficient (Wildman–Crippen LogP) is 12.8. The lowest BCUT2D eigenvalue weighted by Crippen LogP contribution is -2.25. The van der Waals surface area contributed by atoms with E-state index in [1.165, 1.54) is 154 Å². The molecule has 38 heavy (non-hydrogen) atoms. The summed E-state index contributed by atoms with van der Waals surface area (Å²) in [5, 5.41) is 9.86. The van der Waals surface area contributed by atoms with Gasteiger partial charge < -0.3 is 5.11 Å². The van der Waals surface area contributed by atoms with Crippen molar-refractivity contribution in [2.75, 3.05) is 0 Å². The minimum Gasteiger partial charge on any atom is -0.481 e. The fourth-order valence-corrected chi connectivity index (χ4v) is 6.27. The fraction of sp³-hybridized carbons (Fsp3) is 0.972. The second kappa shape index (κ2) is 28.0. The minimum atomic E-state index is -0.557. The highest BCUT2D eigenvalue weighted by Crippen LogP contribution is 2.30. The van der Waals surface area contributed by atoms with Crippen molar-refractivity contribution in [1.82, 2.24) is 0 Å². The maximum absolute atomic E-state index is 12.0. The van der Waals surface area contributed by atoms with E-state index < -0.39 is 5.97 Å². The van der Waals surface area contributed by atoms with Gasteiger partial charge in [0.2, 0.25) is 0 Å². The number of carboxylic acid groups (broad SMARTS) is 1. The highest BCUT2D eigenvalue weighted by molar-refractivity contribution is 5.70. The first kappa shape index (κ1) is 37.5. The van der Waals surface area contributed by atoms with Gasteiger partial charge in [-0.3, -0.25) is 4.79 Å². The van der Waals surface area contributed by atoms with Crippen LogP contribution in [-0.4, -0.2) is 11.1 Å². The molecule has 0 aromatic carbocycles. The van der Waals surface area contributed by atoms with Gasteiger partial charge in [-0.15, -0.1) is 0 Å². The molecule has 0 radical (unpaired) electrons. The number of aliphatic carboxylic acids is 1. The molecule has 0 saturated carbocycles. The van der Waals surface area contributed by atoms with Gasteiger partial charge in [0.25, 0.3) is 0 Å². The van der Waals surface area contributed by atoms with E-state index in [-0.39, 0.29) is 5.92 Å². The van der Waals surface area contributed by atoms with Crippen LogP contribution in [-0.2, 0) is 4.79 Å². The van der Waals surface area contributed by atoms with Crippen LogP contribution in [0.3, 0.4) is 0 Å². The molecular weight excluding hydrogens is 464 g/mol. The molecule has 0 aliphatic rings. The zero-order chi connectivity index (χ0) is 28.3. The first-order valence-electron chi connectivity index (χ1n) is 17.6. The summed E-state index contributed by atoms with van der Waals surface area (Å²) in [5.41, 5.74) is 0. The molecule has 228 valence electrons. The van der Waals surface area contributed by atoms with E-state index in [2.05, 4.69) is 34.6 Å². The Balaban J connectivity index is 3.57. The standard InChI is InChI=1S/C36H72O2/c1-6-8-30-34(27-7-2)31-35(36(37)38)33(5)29-26-24-22-20-18-16-14-12-10-9-11-13-15-17-19-21-23-25-28-32(3)4/h32-35H,6-31H2,1-5H3,(H,37,38). The second-order valence-electron chi connectivity index (χ2n) is 13.3. The molecule has 0 rings (SSSR count). The van der Waals surface area contributed by atoms with Crippen molar-refractivity contribution in [2.45, 2.75) is 202 Å². The van der Waals surface area contributed by atoms with Crippen molar-refractivity contribution in [3.8, 4) is 0 Å². The van der Waals surface area contributed by atoms with Gasteiger partial charge in [0.05, 0.1) is 5.92 Å². The molecule has 0 amide bonds. The average Bonchev–Trinajstić information content (AvgIpc) is 2.88. The first-order valence-corrected chi connectivity index (χ1v) is 17.6. The van der Waals surface area contributed by atoms with Gasteiger partial charge in [-0.1, -0.05) is 189 Å². The minimum absolute atomic E-state index is 0.146. The van der Waals surface area contributed by atoms with Crippen LogP contribution in [0.5, 0.6) is 0 Å². The molecule has 3 atom stereocenters. The van der Waals surface area contributed by atoms with E-state index in [9.17, 15) is 9.90 Å². The van der Waals surface area contributed by atoms with Crippen molar-refractivity contribution in [3.05, 3.63) is 0 Å². The number of carboxylic acids is 1. The molecule has 0 aromatic heterocycles. The van der Waals surface area contributed by atoms with E-state index in [4.69, 9.17) is 0 Å². The lowest BCUT2D eigenvalue weighted by molar-refractivity contribution is -0.144. The van der Waals surface area contributed by atoms with Crippen LogP contribution in [0.4, 0.5) is 0 Å². The van der Waals surface area contributed by atoms with Crippen molar-refractivity contribution in [2.24, 2.45) is 23.7 Å². The highest BCUT2D eigenvalue weighted by Gasteiger charge is 2.27. The predicted molar refractivity (Wildman–Crippen MR) is 170 cm³/mol. The van der Waals surface area contributed by atoms with Gasteiger partial charge in [0.1, 0.15) is 0 Å². The van der Waals surface area contributed by atoms with Crippen LogP contribution in [0.1, 0.15) is 202 Å². The third-order valence-electron chi connectivity index (χ3n) is 8.95. The highest BCUT2D eigenvalue weighted by atomic mass is 16.4. The molecule has 3 unspecified atom stereocenters. The van der Waals surface area contributed by atoms with Gasteiger partial charge in [-0.05, 0) is 30.6 Å². The Morgan fingerprint density at radius 3 is 1.24 bits per heavy atom.